The number of allylic oxidation sites excluding steroid dienone is 3. The van der Waals surface area contributed by atoms with Crippen molar-refractivity contribution in [3.05, 3.63) is 23.9 Å². The van der Waals surface area contributed by atoms with Crippen LogP contribution in [0, 0.1) is 5.92 Å². The van der Waals surface area contributed by atoms with Crippen LogP contribution in [0.3, 0.4) is 0 Å². The summed E-state index contributed by atoms with van der Waals surface area (Å²) in [6.45, 7) is 2.21. The molecule has 0 atom stereocenters. The van der Waals surface area contributed by atoms with E-state index in [1.165, 1.54) is 25.0 Å². The van der Waals surface area contributed by atoms with Gasteiger partial charge < -0.3 is 0 Å². The normalized spacial score (nSPS) is 23.2. The summed E-state index contributed by atoms with van der Waals surface area (Å²) in [7, 11) is 0. The average molecular weight is 175 g/mol. The predicted octanol–water partition coefficient (Wildman–Crippen LogP) is 3.48. The molecule has 1 nitrogen and oxygen atoms in total. The lowest BCUT2D eigenvalue weighted by molar-refractivity contribution is 0.984. The van der Waals surface area contributed by atoms with Gasteiger partial charge in [0.05, 0.1) is 0 Å². The van der Waals surface area contributed by atoms with E-state index < -0.39 is 0 Å². The molecule has 0 aromatic carbocycles. The van der Waals surface area contributed by atoms with E-state index in [0.717, 1.165) is 18.8 Å². The molecule has 0 unspecified atom stereocenters. The Kier molecular flexibility index (Phi) is 2.62. The Hall–Kier alpha value is -0.850. The van der Waals surface area contributed by atoms with Crippen molar-refractivity contribution in [1.29, 1.82) is 0 Å². The summed E-state index contributed by atoms with van der Waals surface area (Å²) in [6.07, 6.45) is 12.7. The van der Waals surface area contributed by atoms with Gasteiger partial charge in [0.15, 0.2) is 0 Å². The topological polar surface area (TPSA) is 12.4 Å². The van der Waals surface area contributed by atoms with Crippen molar-refractivity contribution in [2.24, 2.45) is 10.9 Å². The molecule has 1 heterocycles. The second kappa shape index (κ2) is 3.91. The Morgan fingerprint density at radius 3 is 3.00 bits per heavy atom. The highest BCUT2D eigenvalue weighted by atomic mass is 14.7. The van der Waals surface area contributed by atoms with E-state index in [0.29, 0.717) is 0 Å². The van der Waals surface area contributed by atoms with Crippen molar-refractivity contribution in [3.63, 3.8) is 0 Å². The fraction of sp³-hybridized carbons (Fsp3) is 0.583. The fourth-order valence-corrected chi connectivity index (χ4v) is 1.86. The van der Waals surface area contributed by atoms with Crippen molar-refractivity contribution in [3.8, 4) is 0 Å². The molecule has 70 valence electrons. The molecule has 0 bridgehead atoms. The molecule has 1 aliphatic heterocycles. The van der Waals surface area contributed by atoms with Crippen LogP contribution in [0.1, 0.15) is 39.0 Å². The molecule has 0 N–H and O–H groups in total. The lowest BCUT2D eigenvalue weighted by Gasteiger charge is -2.11. The zero-order valence-corrected chi connectivity index (χ0v) is 8.29. The molecule has 0 saturated heterocycles. The first kappa shape index (κ1) is 8.74. The van der Waals surface area contributed by atoms with Crippen LogP contribution in [-0.2, 0) is 0 Å². The molecule has 0 aromatic heterocycles. The van der Waals surface area contributed by atoms with Crippen molar-refractivity contribution < 1.29 is 0 Å². The van der Waals surface area contributed by atoms with E-state index in [9.17, 15) is 0 Å². The molecule has 13 heavy (non-hydrogen) atoms. The van der Waals surface area contributed by atoms with Crippen molar-refractivity contribution in [2.45, 2.75) is 39.0 Å². The smallest absolute Gasteiger partial charge is 0.0438 e. The summed E-state index contributed by atoms with van der Waals surface area (Å²) in [5.41, 5.74) is 2.90. The van der Waals surface area contributed by atoms with Crippen LogP contribution in [0.2, 0.25) is 0 Å². The van der Waals surface area contributed by atoms with Crippen molar-refractivity contribution in [2.75, 3.05) is 0 Å². The SMILES string of the molecule is CC/C=C(/C1=NC=CCC1)C1CC1. The van der Waals surface area contributed by atoms with Gasteiger partial charge in [-0.25, -0.2) is 0 Å². The minimum Gasteiger partial charge on any atom is -0.261 e. The molecule has 0 amide bonds. The number of aliphatic imine (C=N–C) groups is 1. The third kappa shape index (κ3) is 2.09. The monoisotopic (exact) mass is 175 g/mol. The molecule has 0 radical (unpaired) electrons. The van der Waals surface area contributed by atoms with Gasteiger partial charge in [-0.15, -0.1) is 0 Å². The zero-order chi connectivity index (χ0) is 9.10. The third-order valence-corrected chi connectivity index (χ3v) is 2.66. The van der Waals surface area contributed by atoms with E-state index in [-0.39, 0.29) is 0 Å². The van der Waals surface area contributed by atoms with Gasteiger partial charge in [-0.1, -0.05) is 19.1 Å². The lowest BCUT2D eigenvalue weighted by atomic mass is 9.99. The Morgan fingerprint density at radius 2 is 2.46 bits per heavy atom. The highest BCUT2D eigenvalue weighted by Crippen LogP contribution is 2.38. The molecular formula is C12H17N. The van der Waals surface area contributed by atoms with E-state index in [4.69, 9.17) is 0 Å². The molecule has 0 aromatic rings. The van der Waals surface area contributed by atoms with E-state index in [2.05, 4.69) is 24.1 Å². The number of hydrogen-bond acceptors (Lipinski definition) is 1. The first-order valence-electron chi connectivity index (χ1n) is 5.34. The number of hydrogen-bond donors (Lipinski definition) is 0. The Bertz CT molecular complexity index is 267. The van der Waals surface area contributed by atoms with Crippen LogP contribution >= 0.6 is 0 Å². The molecule has 2 aliphatic rings. The maximum atomic E-state index is 4.48. The molecule has 1 heteroatoms. The van der Waals surface area contributed by atoms with E-state index in [1.807, 2.05) is 6.20 Å². The van der Waals surface area contributed by atoms with Crippen LogP contribution < -0.4 is 0 Å². The zero-order valence-electron chi connectivity index (χ0n) is 8.29. The average Bonchev–Trinajstić information content (AvgIpc) is 2.99. The van der Waals surface area contributed by atoms with Crippen LogP contribution in [-0.4, -0.2) is 5.71 Å². The van der Waals surface area contributed by atoms with E-state index >= 15 is 0 Å². The summed E-state index contributed by atoms with van der Waals surface area (Å²) in [5.74, 6) is 0.852. The first-order valence-corrected chi connectivity index (χ1v) is 5.34. The predicted molar refractivity (Wildman–Crippen MR) is 56.9 cm³/mol. The fourth-order valence-electron chi connectivity index (χ4n) is 1.86. The second-order valence-corrected chi connectivity index (χ2v) is 3.84. The van der Waals surface area contributed by atoms with Crippen molar-refractivity contribution >= 4 is 5.71 Å². The Balaban J connectivity index is 2.14. The lowest BCUT2D eigenvalue weighted by Crippen LogP contribution is -2.06. The summed E-state index contributed by atoms with van der Waals surface area (Å²) >= 11 is 0. The van der Waals surface area contributed by atoms with Crippen LogP contribution in [0.4, 0.5) is 0 Å². The summed E-state index contributed by atoms with van der Waals surface area (Å²) in [5, 5.41) is 0. The summed E-state index contributed by atoms with van der Waals surface area (Å²) in [6, 6.07) is 0. The van der Waals surface area contributed by atoms with E-state index in [1.54, 1.807) is 5.57 Å². The molecule has 1 saturated carbocycles. The standard InChI is InChI=1S/C12H17N/c1-2-5-11(10-7-8-10)12-6-3-4-9-13-12/h4-5,9-10H,2-3,6-8H2,1H3/b11-5+. The maximum Gasteiger partial charge on any atom is 0.0438 e. The maximum absolute atomic E-state index is 4.48. The molecule has 2 rings (SSSR count). The molecule has 1 aliphatic carbocycles. The summed E-state index contributed by atoms with van der Waals surface area (Å²) < 4.78 is 0. The van der Waals surface area contributed by atoms with Crippen molar-refractivity contribution in [1.82, 2.24) is 0 Å². The minimum absolute atomic E-state index is 0.852. The Labute approximate surface area is 80.3 Å². The van der Waals surface area contributed by atoms with Gasteiger partial charge in [0.25, 0.3) is 0 Å². The van der Waals surface area contributed by atoms with Gasteiger partial charge >= 0.3 is 0 Å². The highest BCUT2D eigenvalue weighted by Gasteiger charge is 2.28. The largest absolute Gasteiger partial charge is 0.261 e. The van der Waals surface area contributed by atoms with Gasteiger partial charge in [0.1, 0.15) is 0 Å². The third-order valence-electron chi connectivity index (χ3n) is 2.66. The minimum atomic E-state index is 0.852. The van der Waals surface area contributed by atoms with Gasteiger partial charge in [-0.05, 0) is 43.6 Å². The highest BCUT2D eigenvalue weighted by molar-refractivity contribution is 6.01. The van der Waals surface area contributed by atoms with Gasteiger partial charge in [0.2, 0.25) is 0 Å². The second-order valence-electron chi connectivity index (χ2n) is 3.84. The molecule has 0 spiro atoms. The summed E-state index contributed by atoms with van der Waals surface area (Å²) in [4.78, 5) is 4.48. The van der Waals surface area contributed by atoms with Gasteiger partial charge in [-0.3, -0.25) is 4.99 Å². The molecule has 1 fully saturated rings. The van der Waals surface area contributed by atoms with Crippen LogP contribution in [0.25, 0.3) is 0 Å². The first-order chi connectivity index (χ1) is 6.42. The number of nitrogens with zero attached hydrogens (tertiary/aromatic N) is 1. The van der Waals surface area contributed by atoms with Crippen LogP contribution in [0.5, 0.6) is 0 Å². The quantitative estimate of drug-likeness (QED) is 0.622. The van der Waals surface area contributed by atoms with Gasteiger partial charge in [-0.2, -0.15) is 0 Å². The number of rotatable bonds is 3. The molecular weight excluding hydrogens is 158 g/mol. The van der Waals surface area contributed by atoms with Crippen LogP contribution in [0.15, 0.2) is 28.9 Å². The Morgan fingerprint density at radius 1 is 1.62 bits per heavy atom. The van der Waals surface area contributed by atoms with Gasteiger partial charge in [0, 0.05) is 11.9 Å².